The molecule has 0 saturated carbocycles. The summed E-state index contributed by atoms with van der Waals surface area (Å²) in [5.74, 6) is 1.30. The lowest BCUT2D eigenvalue weighted by molar-refractivity contribution is -0.149. The van der Waals surface area contributed by atoms with Crippen molar-refractivity contribution in [2.75, 3.05) is 0 Å². The minimum Gasteiger partial charge on any atom is -0.393 e. The second-order valence-electron chi connectivity index (χ2n) is 6.70. The van der Waals surface area contributed by atoms with E-state index in [1.165, 1.54) is 6.42 Å². The summed E-state index contributed by atoms with van der Waals surface area (Å²) in [4.78, 5) is 19.3. The highest BCUT2D eigenvalue weighted by atomic mass is 16.3. The van der Waals surface area contributed by atoms with Crippen molar-refractivity contribution < 1.29 is 9.90 Å². The summed E-state index contributed by atoms with van der Waals surface area (Å²) in [7, 11) is 0. The number of rotatable bonds is 1. The van der Waals surface area contributed by atoms with E-state index >= 15 is 0 Å². The van der Waals surface area contributed by atoms with Gasteiger partial charge in [-0.15, -0.1) is 0 Å². The van der Waals surface area contributed by atoms with E-state index in [2.05, 4.69) is 15.0 Å². The molecule has 1 aromatic heterocycles. The van der Waals surface area contributed by atoms with Gasteiger partial charge in [0, 0.05) is 18.5 Å². The molecule has 2 unspecified atom stereocenters. The van der Waals surface area contributed by atoms with Gasteiger partial charge in [0.15, 0.2) is 0 Å². The summed E-state index contributed by atoms with van der Waals surface area (Å²) in [6.07, 6.45) is 7.84. The molecule has 4 atom stereocenters. The standard InChI is InChI=1S/C15H22N4O2/c20-13-6-11-2-1-3-12(7-13)19(11)15(21)10-4-5-14-16-9-17-18(14)8-10/h9-13,20H,1-8H2/t10?,11-,12+,13?. The van der Waals surface area contributed by atoms with Gasteiger partial charge in [-0.3, -0.25) is 4.79 Å². The summed E-state index contributed by atoms with van der Waals surface area (Å²) in [5.41, 5.74) is 0. The Morgan fingerprint density at radius 3 is 2.76 bits per heavy atom. The summed E-state index contributed by atoms with van der Waals surface area (Å²) < 4.78 is 1.88. The van der Waals surface area contributed by atoms with E-state index in [1.807, 2.05) is 4.68 Å². The molecule has 2 fully saturated rings. The van der Waals surface area contributed by atoms with Gasteiger partial charge in [0.05, 0.1) is 18.6 Å². The summed E-state index contributed by atoms with van der Waals surface area (Å²) in [5, 5.41) is 14.2. The molecule has 4 heterocycles. The lowest BCUT2D eigenvalue weighted by Crippen LogP contribution is -2.58. The van der Waals surface area contributed by atoms with Crippen LogP contribution in [0.15, 0.2) is 6.33 Å². The number of amides is 1. The maximum Gasteiger partial charge on any atom is 0.228 e. The number of aliphatic hydroxyl groups excluding tert-OH is 1. The first-order valence-corrected chi connectivity index (χ1v) is 8.09. The molecule has 0 spiro atoms. The lowest BCUT2D eigenvalue weighted by Gasteiger charge is -2.49. The molecule has 3 aliphatic heterocycles. The summed E-state index contributed by atoms with van der Waals surface area (Å²) >= 11 is 0. The van der Waals surface area contributed by atoms with Gasteiger partial charge in [0.1, 0.15) is 12.2 Å². The third-order valence-corrected chi connectivity index (χ3v) is 5.36. The fraction of sp³-hybridized carbons (Fsp3) is 0.800. The van der Waals surface area contributed by atoms with Gasteiger partial charge in [-0.1, -0.05) is 0 Å². The van der Waals surface area contributed by atoms with E-state index in [1.54, 1.807) is 6.33 Å². The van der Waals surface area contributed by atoms with Crippen molar-refractivity contribution in [2.24, 2.45) is 5.92 Å². The van der Waals surface area contributed by atoms with Gasteiger partial charge in [0.2, 0.25) is 5.91 Å². The topological polar surface area (TPSA) is 71.2 Å². The molecule has 4 rings (SSSR count). The fourth-order valence-corrected chi connectivity index (χ4v) is 4.36. The monoisotopic (exact) mass is 290 g/mol. The van der Waals surface area contributed by atoms with Crippen LogP contribution in [0.5, 0.6) is 0 Å². The van der Waals surface area contributed by atoms with Crippen molar-refractivity contribution in [2.45, 2.75) is 69.7 Å². The zero-order chi connectivity index (χ0) is 14.4. The second kappa shape index (κ2) is 5.09. The number of hydrogen-bond donors (Lipinski definition) is 1. The molecule has 0 aromatic carbocycles. The van der Waals surface area contributed by atoms with Gasteiger partial charge >= 0.3 is 0 Å². The van der Waals surface area contributed by atoms with Gasteiger partial charge in [-0.05, 0) is 38.5 Å². The van der Waals surface area contributed by atoms with E-state index in [0.29, 0.717) is 6.54 Å². The fourth-order valence-electron chi connectivity index (χ4n) is 4.36. The van der Waals surface area contributed by atoms with E-state index in [9.17, 15) is 9.90 Å². The molecule has 6 nitrogen and oxygen atoms in total. The number of piperidine rings is 2. The average molecular weight is 290 g/mol. The van der Waals surface area contributed by atoms with E-state index < -0.39 is 0 Å². The van der Waals surface area contributed by atoms with Crippen LogP contribution in [0.4, 0.5) is 0 Å². The number of carbonyl (C=O) groups excluding carboxylic acids is 1. The predicted molar refractivity (Wildman–Crippen MR) is 75.3 cm³/mol. The predicted octanol–water partition coefficient (Wildman–Crippen LogP) is 0.745. The first-order chi connectivity index (χ1) is 10.2. The zero-order valence-electron chi connectivity index (χ0n) is 12.2. The van der Waals surface area contributed by atoms with E-state index in [-0.39, 0.29) is 30.0 Å². The number of nitrogens with zero attached hydrogens (tertiary/aromatic N) is 4. The molecular weight excluding hydrogens is 268 g/mol. The molecular formula is C15H22N4O2. The summed E-state index contributed by atoms with van der Waals surface area (Å²) in [6.45, 7) is 0.659. The Hall–Kier alpha value is -1.43. The Labute approximate surface area is 124 Å². The van der Waals surface area contributed by atoms with Gasteiger partial charge in [-0.25, -0.2) is 9.67 Å². The van der Waals surface area contributed by atoms with Crippen molar-refractivity contribution in [3.8, 4) is 0 Å². The van der Waals surface area contributed by atoms with Crippen LogP contribution in [0.25, 0.3) is 0 Å². The number of carbonyl (C=O) groups is 1. The third-order valence-electron chi connectivity index (χ3n) is 5.36. The number of hydrogen-bond acceptors (Lipinski definition) is 4. The molecule has 1 N–H and O–H groups in total. The van der Waals surface area contributed by atoms with Crippen LogP contribution in [-0.4, -0.2) is 48.9 Å². The average Bonchev–Trinajstić information content (AvgIpc) is 2.93. The normalized spacial score (nSPS) is 35.4. The van der Waals surface area contributed by atoms with Crippen LogP contribution in [0.1, 0.15) is 44.3 Å². The van der Waals surface area contributed by atoms with Crippen LogP contribution in [-0.2, 0) is 17.8 Å². The van der Waals surface area contributed by atoms with Crippen LogP contribution in [0, 0.1) is 5.92 Å². The van der Waals surface area contributed by atoms with Gasteiger partial charge in [0.25, 0.3) is 0 Å². The largest absolute Gasteiger partial charge is 0.393 e. The third kappa shape index (κ3) is 2.25. The van der Waals surface area contributed by atoms with Crippen molar-refractivity contribution in [1.82, 2.24) is 19.7 Å². The molecule has 1 amide bonds. The van der Waals surface area contributed by atoms with Crippen molar-refractivity contribution in [3.63, 3.8) is 0 Å². The number of aryl methyl sites for hydroxylation is 1. The highest BCUT2D eigenvalue weighted by Crippen LogP contribution is 2.36. The first-order valence-electron chi connectivity index (χ1n) is 8.09. The Balaban J connectivity index is 1.52. The molecule has 21 heavy (non-hydrogen) atoms. The smallest absolute Gasteiger partial charge is 0.228 e. The molecule has 1 aromatic rings. The van der Waals surface area contributed by atoms with Gasteiger partial charge in [-0.2, -0.15) is 5.10 Å². The molecule has 0 aliphatic carbocycles. The zero-order valence-corrected chi connectivity index (χ0v) is 12.2. The first kappa shape index (κ1) is 13.2. The molecule has 6 heteroatoms. The molecule has 2 saturated heterocycles. The Morgan fingerprint density at radius 2 is 2.00 bits per heavy atom. The van der Waals surface area contributed by atoms with Crippen LogP contribution < -0.4 is 0 Å². The van der Waals surface area contributed by atoms with E-state index in [4.69, 9.17) is 0 Å². The second-order valence-corrected chi connectivity index (χ2v) is 6.70. The Bertz CT molecular complexity index is 530. The van der Waals surface area contributed by atoms with Crippen LogP contribution in [0.3, 0.4) is 0 Å². The molecule has 0 radical (unpaired) electrons. The van der Waals surface area contributed by atoms with Crippen molar-refractivity contribution in [1.29, 1.82) is 0 Å². The van der Waals surface area contributed by atoms with Crippen molar-refractivity contribution in [3.05, 3.63) is 12.2 Å². The number of aromatic nitrogens is 3. The van der Waals surface area contributed by atoms with E-state index in [0.717, 1.165) is 44.3 Å². The summed E-state index contributed by atoms with van der Waals surface area (Å²) in [6, 6.07) is 0.495. The molecule has 114 valence electrons. The lowest BCUT2D eigenvalue weighted by atomic mass is 9.81. The minimum atomic E-state index is -0.224. The molecule has 2 bridgehead atoms. The maximum absolute atomic E-state index is 13.0. The number of aliphatic hydroxyl groups is 1. The minimum absolute atomic E-state index is 0.0255. The SMILES string of the molecule is O=C(C1CCc2ncnn2C1)N1[C@@H]2CCC[C@H]1CC(O)C2. The Kier molecular flexibility index (Phi) is 3.21. The Morgan fingerprint density at radius 1 is 1.24 bits per heavy atom. The highest BCUT2D eigenvalue weighted by molar-refractivity contribution is 5.80. The maximum atomic E-state index is 13.0. The highest BCUT2D eigenvalue weighted by Gasteiger charge is 2.42. The van der Waals surface area contributed by atoms with Crippen LogP contribution >= 0.6 is 0 Å². The number of fused-ring (bicyclic) bond motifs is 3. The van der Waals surface area contributed by atoms with Gasteiger partial charge < -0.3 is 10.0 Å². The van der Waals surface area contributed by atoms with Crippen molar-refractivity contribution >= 4 is 5.91 Å². The quantitative estimate of drug-likeness (QED) is 0.828. The molecule has 3 aliphatic rings. The van der Waals surface area contributed by atoms with Crippen LogP contribution in [0.2, 0.25) is 0 Å².